The molecule has 0 heterocycles. The molecule has 2 N–H and O–H groups in total. The lowest BCUT2D eigenvalue weighted by atomic mass is 9.86. The summed E-state index contributed by atoms with van der Waals surface area (Å²) in [7, 11) is 1.56. The van der Waals surface area contributed by atoms with Crippen molar-refractivity contribution in [3.63, 3.8) is 0 Å². The number of ether oxygens (including phenoxy) is 1. The second-order valence-corrected chi connectivity index (χ2v) is 5.45. The van der Waals surface area contributed by atoms with E-state index in [2.05, 4.69) is 20.8 Å². The molecule has 1 aromatic carbocycles. The number of benzene rings is 1. The second kappa shape index (κ2) is 5.94. The van der Waals surface area contributed by atoms with Crippen molar-refractivity contribution in [3.8, 4) is 5.75 Å². The first-order chi connectivity index (χ1) is 7.88. The van der Waals surface area contributed by atoms with E-state index in [1.54, 1.807) is 19.2 Å². The number of hydrogen-bond donors (Lipinski definition) is 1. The zero-order valence-electron chi connectivity index (χ0n) is 10.6. The maximum atomic E-state index is 6.22. The summed E-state index contributed by atoms with van der Waals surface area (Å²) in [6.45, 7) is 6.40. The Morgan fingerprint density at radius 3 is 2.18 bits per heavy atom. The standard InChI is InChI=1S/C13H19Cl2NO/c1-7(2)8(3)13(16)9-5-11(15)12(17-4)6-10(9)14/h5-8,13H,16H2,1-4H3. The summed E-state index contributed by atoms with van der Waals surface area (Å²) >= 11 is 12.3. The molecule has 0 aliphatic heterocycles. The van der Waals surface area contributed by atoms with Gasteiger partial charge in [0.25, 0.3) is 0 Å². The molecule has 2 atom stereocenters. The van der Waals surface area contributed by atoms with Gasteiger partial charge in [0.1, 0.15) is 5.75 Å². The Balaban J connectivity index is 3.10. The van der Waals surface area contributed by atoms with Crippen molar-refractivity contribution in [2.75, 3.05) is 7.11 Å². The molecule has 0 saturated carbocycles. The van der Waals surface area contributed by atoms with Gasteiger partial charge in [-0.3, -0.25) is 0 Å². The molecule has 17 heavy (non-hydrogen) atoms. The van der Waals surface area contributed by atoms with Crippen molar-refractivity contribution in [1.82, 2.24) is 0 Å². The molecule has 96 valence electrons. The average Bonchev–Trinajstić information content (AvgIpc) is 2.29. The third kappa shape index (κ3) is 3.27. The zero-order valence-corrected chi connectivity index (χ0v) is 12.1. The molecule has 2 unspecified atom stereocenters. The number of halogens is 2. The molecule has 1 rings (SSSR count). The normalized spacial score (nSPS) is 14.8. The Kier molecular flexibility index (Phi) is 5.11. The van der Waals surface area contributed by atoms with Crippen molar-refractivity contribution >= 4 is 23.2 Å². The molecule has 0 radical (unpaired) electrons. The van der Waals surface area contributed by atoms with Crippen LogP contribution in [0.2, 0.25) is 10.0 Å². The van der Waals surface area contributed by atoms with Crippen molar-refractivity contribution in [2.24, 2.45) is 17.6 Å². The quantitative estimate of drug-likeness (QED) is 0.890. The highest BCUT2D eigenvalue weighted by Crippen LogP contribution is 2.36. The van der Waals surface area contributed by atoms with Gasteiger partial charge in [0.15, 0.2) is 0 Å². The summed E-state index contributed by atoms with van der Waals surface area (Å²) in [5, 5.41) is 1.14. The Hall–Kier alpha value is -0.440. The van der Waals surface area contributed by atoms with Crippen LogP contribution in [0.4, 0.5) is 0 Å². The third-order valence-corrected chi connectivity index (χ3v) is 3.87. The lowest BCUT2D eigenvalue weighted by Gasteiger charge is -2.25. The summed E-state index contributed by atoms with van der Waals surface area (Å²) in [6.07, 6.45) is 0. The van der Waals surface area contributed by atoms with Gasteiger partial charge in [-0.15, -0.1) is 0 Å². The number of hydrogen-bond acceptors (Lipinski definition) is 2. The maximum absolute atomic E-state index is 6.22. The molecule has 0 bridgehead atoms. The maximum Gasteiger partial charge on any atom is 0.138 e. The Labute approximate surface area is 113 Å². The molecular formula is C13H19Cl2NO. The van der Waals surface area contributed by atoms with Crippen LogP contribution in [0.1, 0.15) is 32.4 Å². The monoisotopic (exact) mass is 275 g/mol. The van der Waals surface area contributed by atoms with Gasteiger partial charge in [0, 0.05) is 17.1 Å². The number of rotatable bonds is 4. The van der Waals surface area contributed by atoms with Gasteiger partial charge >= 0.3 is 0 Å². The van der Waals surface area contributed by atoms with Crippen LogP contribution in [-0.2, 0) is 0 Å². The highest BCUT2D eigenvalue weighted by Gasteiger charge is 2.21. The van der Waals surface area contributed by atoms with E-state index in [1.807, 2.05) is 0 Å². The average molecular weight is 276 g/mol. The first-order valence-electron chi connectivity index (χ1n) is 5.67. The SMILES string of the molecule is COc1cc(Cl)c(C(N)C(C)C(C)C)cc1Cl. The first-order valence-corrected chi connectivity index (χ1v) is 6.42. The molecule has 0 aliphatic rings. The fraction of sp³-hybridized carbons (Fsp3) is 0.538. The molecule has 4 heteroatoms. The molecule has 0 amide bonds. The zero-order chi connectivity index (χ0) is 13.2. The van der Waals surface area contributed by atoms with Crippen LogP contribution >= 0.6 is 23.2 Å². The van der Waals surface area contributed by atoms with Crippen LogP contribution in [0.15, 0.2) is 12.1 Å². The van der Waals surface area contributed by atoms with Gasteiger partial charge in [0.2, 0.25) is 0 Å². The molecule has 0 fully saturated rings. The molecule has 2 nitrogen and oxygen atoms in total. The van der Waals surface area contributed by atoms with Crippen LogP contribution in [-0.4, -0.2) is 7.11 Å². The first kappa shape index (κ1) is 14.6. The van der Waals surface area contributed by atoms with Gasteiger partial charge in [-0.2, -0.15) is 0 Å². The van der Waals surface area contributed by atoms with E-state index >= 15 is 0 Å². The van der Waals surface area contributed by atoms with Crippen LogP contribution in [0.5, 0.6) is 5.75 Å². The fourth-order valence-electron chi connectivity index (χ4n) is 1.65. The molecule has 0 aromatic heterocycles. The second-order valence-electron chi connectivity index (χ2n) is 4.64. The molecular weight excluding hydrogens is 257 g/mol. The van der Waals surface area contributed by atoms with Crippen LogP contribution in [0.25, 0.3) is 0 Å². The van der Waals surface area contributed by atoms with Gasteiger partial charge < -0.3 is 10.5 Å². The predicted molar refractivity (Wildman–Crippen MR) is 73.9 cm³/mol. The minimum Gasteiger partial charge on any atom is -0.495 e. The van der Waals surface area contributed by atoms with E-state index in [4.69, 9.17) is 33.7 Å². The number of methoxy groups -OCH3 is 1. The molecule has 0 aliphatic carbocycles. The Morgan fingerprint density at radius 2 is 1.71 bits per heavy atom. The van der Waals surface area contributed by atoms with E-state index in [1.165, 1.54) is 0 Å². The van der Waals surface area contributed by atoms with Gasteiger partial charge in [-0.25, -0.2) is 0 Å². The van der Waals surface area contributed by atoms with Gasteiger partial charge in [-0.1, -0.05) is 44.0 Å². The Bertz CT molecular complexity index is 393. The van der Waals surface area contributed by atoms with E-state index in [0.717, 1.165) is 5.56 Å². The highest BCUT2D eigenvalue weighted by atomic mass is 35.5. The van der Waals surface area contributed by atoms with E-state index in [-0.39, 0.29) is 6.04 Å². The minimum atomic E-state index is -0.120. The van der Waals surface area contributed by atoms with Crippen LogP contribution in [0.3, 0.4) is 0 Å². The van der Waals surface area contributed by atoms with Crippen molar-refractivity contribution in [1.29, 1.82) is 0 Å². The summed E-state index contributed by atoms with van der Waals surface area (Å²) in [6, 6.07) is 3.39. The fourth-order valence-corrected chi connectivity index (χ4v) is 2.18. The molecule has 1 aromatic rings. The topological polar surface area (TPSA) is 35.2 Å². The van der Waals surface area contributed by atoms with Gasteiger partial charge in [-0.05, 0) is 23.5 Å². The van der Waals surface area contributed by atoms with Crippen molar-refractivity contribution < 1.29 is 4.74 Å². The van der Waals surface area contributed by atoms with E-state index < -0.39 is 0 Å². The van der Waals surface area contributed by atoms with Crippen molar-refractivity contribution in [2.45, 2.75) is 26.8 Å². The van der Waals surface area contributed by atoms with E-state index in [0.29, 0.717) is 27.6 Å². The predicted octanol–water partition coefficient (Wildman–Crippen LogP) is 4.29. The van der Waals surface area contributed by atoms with E-state index in [9.17, 15) is 0 Å². The molecule has 0 saturated heterocycles. The Morgan fingerprint density at radius 1 is 1.12 bits per heavy atom. The van der Waals surface area contributed by atoms with Crippen LogP contribution in [0, 0.1) is 11.8 Å². The lowest BCUT2D eigenvalue weighted by molar-refractivity contribution is 0.352. The van der Waals surface area contributed by atoms with Crippen molar-refractivity contribution in [3.05, 3.63) is 27.7 Å². The lowest BCUT2D eigenvalue weighted by Crippen LogP contribution is -2.23. The highest BCUT2D eigenvalue weighted by molar-refractivity contribution is 6.34. The van der Waals surface area contributed by atoms with Gasteiger partial charge in [0.05, 0.1) is 12.1 Å². The number of nitrogens with two attached hydrogens (primary N) is 1. The molecule has 0 spiro atoms. The smallest absolute Gasteiger partial charge is 0.138 e. The summed E-state index contributed by atoms with van der Waals surface area (Å²) in [5.41, 5.74) is 7.09. The van der Waals surface area contributed by atoms with Crippen LogP contribution < -0.4 is 10.5 Å². The largest absolute Gasteiger partial charge is 0.495 e. The third-order valence-electron chi connectivity index (χ3n) is 3.25. The minimum absolute atomic E-state index is 0.120. The summed E-state index contributed by atoms with van der Waals surface area (Å²) in [4.78, 5) is 0. The summed E-state index contributed by atoms with van der Waals surface area (Å²) in [5.74, 6) is 1.39. The summed E-state index contributed by atoms with van der Waals surface area (Å²) < 4.78 is 5.11.